The number of rotatable bonds is 9. The van der Waals surface area contributed by atoms with Crippen LogP contribution in [0, 0.1) is 31.6 Å². The molecule has 0 radical (unpaired) electrons. The number of hydrogen-bond acceptors (Lipinski definition) is 0. The predicted octanol–water partition coefficient (Wildman–Crippen LogP) is 7.79. The molecule has 0 bridgehead atoms. The molecule has 0 nitrogen and oxygen atoms in total. The van der Waals surface area contributed by atoms with Crippen molar-refractivity contribution >= 4 is 24.8 Å². The molecule has 1 aliphatic carbocycles. The third-order valence-electron chi connectivity index (χ3n) is 9.79. The largest absolute Gasteiger partial charge is 1.00 e. The van der Waals surface area contributed by atoms with E-state index in [0.29, 0.717) is 0 Å². The van der Waals surface area contributed by atoms with E-state index in [1.807, 2.05) is 24.3 Å². The third kappa shape index (κ3) is 11.7. The Morgan fingerprint density at radius 3 is 1.80 bits per heavy atom. The van der Waals surface area contributed by atoms with Gasteiger partial charge in [-0.3, -0.25) is 6.08 Å². The van der Waals surface area contributed by atoms with Crippen LogP contribution in [0.5, 0.6) is 0 Å². The van der Waals surface area contributed by atoms with Crippen molar-refractivity contribution in [2.45, 2.75) is 59.3 Å². The number of allylic oxidation sites excluding steroid dienone is 4. The number of fused-ring (bicyclic) bond motifs is 3. The molecule has 0 saturated carbocycles. The summed E-state index contributed by atoms with van der Waals surface area (Å²) in [4.78, 5) is 0. The minimum Gasteiger partial charge on any atom is -1.00 e. The fourth-order valence-corrected chi connectivity index (χ4v) is 8.26. The topological polar surface area (TPSA) is 0 Å². The molecule has 0 fully saturated rings. The molecule has 1 aliphatic rings. The van der Waals surface area contributed by atoms with Gasteiger partial charge in [0.2, 0.25) is 0 Å². The summed E-state index contributed by atoms with van der Waals surface area (Å²) < 4.78 is 27.4. The normalized spacial score (nSPS) is 11.3. The summed E-state index contributed by atoms with van der Waals surface area (Å²) >= 11 is 1.31. The van der Waals surface area contributed by atoms with E-state index in [4.69, 9.17) is 0 Å². The van der Waals surface area contributed by atoms with Crippen molar-refractivity contribution in [3.05, 3.63) is 197 Å². The molecule has 0 spiro atoms. The molecule has 284 valence electrons. The van der Waals surface area contributed by atoms with E-state index >= 15 is 0 Å². The molecule has 0 saturated heterocycles. The monoisotopic (exact) mass is 856 g/mol. The molecule has 56 heavy (non-hydrogen) atoms. The van der Waals surface area contributed by atoms with Crippen LogP contribution in [-0.2, 0) is 43.5 Å². The van der Waals surface area contributed by atoms with E-state index in [1.54, 1.807) is 24.3 Å². The SMILES string of the molecule is CCCCc1c(-c2ccccc2)c(C)cc2c1[cH-]c1cc(-c3ccccc3)c(C)cc12.Fc1cccc(C[C](=[Zr+2])Cc2cccc(F)c2)c1.[C-]1=CC=CC1.[Cl-].[Cl-]. The maximum atomic E-state index is 13.0. The van der Waals surface area contributed by atoms with Crippen molar-refractivity contribution in [1.82, 2.24) is 0 Å². The van der Waals surface area contributed by atoms with E-state index in [0.717, 1.165) is 36.8 Å². The Hall–Kier alpha value is -4.14. The second-order valence-electron chi connectivity index (χ2n) is 14.0. The zero-order chi connectivity index (χ0) is 37.9. The fourth-order valence-electron chi connectivity index (χ4n) is 7.26. The van der Waals surface area contributed by atoms with E-state index < -0.39 is 0 Å². The Balaban J connectivity index is 0.000000236. The van der Waals surface area contributed by atoms with Crippen molar-refractivity contribution in [2.24, 2.45) is 0 Å². The predicted molar refractivity (Wildman–Crippen MR) is 223 cm³/mol. The Morgan fingerprint density at radius 2 is 1.29 bits per heavy atom. The molecule has 7 aromatic rings. The summed E-state index contributed by atoms with van der Waals surface area (Å²) in [6.45, 7) is 6.80. The molecule has 0 aromatic heterocycles. The fraction of sp³-hybridized carbons (Fsp3) is 0.176. The van der Waals surface area contributed by atoms with Crippen molar-refractivity contribution in [3.63, 3.8) is 0 Å². The first-order chi connectivity index (χ1) is 26.3. The summed E-state index contributed by atoms with van der Waals surface area (Å²) in [6.07, 6.45) is 15.1. The van der Waals surface area contributed by atoms with Gasteiger partial charge in [0.1, 0.15) is 0 Å². The van der Waals surface area contributed by atoms with Crippen molar-refractivity contribution in [3.8, 4) is 22.3 Å². The first-order valence-corrected chi connectivity index (χ1v) is 20.1. The number of halogens is 4. The van der Waals surface area contributed by atoms with Gasteiger partial charge >= 0.3 is 120 Å². The van der Waals surface area contributed by atoms with Crippen molar-refractivity contribution in [2.75, 3.05) is 0 Å². The number of hydrogen-bond donors (Lipinski definition) is 0. The Bertz CT molecular complexity index is 2350. The number of unbranched alkanes of at least 4 members (excludes halogenated alkanes) is 1. The summed E-state index contributed by atoms with van der Waals surface area (Å²) in [5.41, 5.74) is 11.6. The van der Waals surface area contributed by atoms with Crippen LogP contribution in [0.2, 0.25) is 0 Å². The average Bonchev–Trinajstić information content (AvgIpc) is 3.87. The minimum absolute atomic E-state index is 0. The zero-order valence-electron chi connectivity index (χ0n) is 32.2. The van der Waals surface area contributed by atoms with Crippen LogP contribution in [0.4, 0.5) is 8.78 Å². The molecular weight excluding hydrogens is 813 g/mol. The van der Waals surface area contributed by atoms with E-state index in [2.05, 4.69) is 118 Å². The van der Waals surface area contributed by atoms with Crippen LogP contribution in [0.1, 0.15) is 54.0 Å². The van der Waals surface area contributed by atoms with Gasteiger partial charge < -0.3 is 24.8 Å². The maximum absolute atomic E-state index is 13.0. The van der Waals surface area contributed by atoms with Crippen LogP contribution < -0.4 is 24.8 Å². The van der Waals surface area contributed by atoms with Gasteiger partial charge in [-0.2, -0.15) is 6.08 Å². The van der Waals surface area contributed by atoms with Crippen LogP contribution in [0.15, 0.2) is 152 Å². The summed E-state index contributed by atoms with van der Waals surface area (Å²) in [5, 5.41) is 5.56. The van der Waals surface area contributed by atoms with Gasteiger partial charge in [-0.1, -0.05) is 116 Å². The first-order valence-electron chi connectivity index (χ1n) is 18.8. The molecule has 0 aliphatic heterocycles. The molecule has 7 aromatic carbocycles. The van der Waals surface area contributed by atoms with Crippen LogP contribution in [0.3, 0.4) is 0 Å². The molecular formula is C51H46Cl2F2Zr-2. The van der Waals surface area contributed by atoms with Crippen LogP contribution >= 0.6 is 0 Å². The van der Waals surface area contributed by atoms with Crippen LogP contribution in [0.25, 0.3) is 43.8 Å². The Kier molecular flexibility index (Phi) is 17.5. The molecule has 5 heteroatoms. The molecule has 0 heterocycles. The third-order valence-corrected chi connectivity index (χ3v) is 10.7. The van der Waals surface area contributed by atoms with Gasteiger partial charge in [0.05, 0.1) is 0 Å². The summed E-state index contributed by atoms with van der Waals surface area (Å²) in [6, 6.07) is 44.6. The van der Waals surface area contributed by atoms with Crippen LogP contribution in [-0.4, -0.2) is 3.21 Å². The second kappa shape index (κ2) is 22.0. The summed E-state index contributed by atoms with van der Waals surface area (Å²) in [7, 11) is 0. The molecule has 0 unspecified atom stereocenters. The van der Waals surface area contributed by atoms with Gasteiger partial charge in [-0.05, 0) is 36.1 Å². The first kappa shape index (κ1) is 44.6. The Morgan fingerprint density at radius 1 is 0.696 bits per heavy atom. The zero-order valence-corrected chi connectivity index (χ0v) is 36.2. The van der Waals surface area contributed by atoms with Crippen molar-refractivity contribution < 1.29 is 57.8 Å². The molecule has 0 amide bonds. The van der Waals surface area contributed by atoms with Gasteiger partial charge in [0.15, 0.2) is 0 Å². The van der Waals surface area contributed by atoms with E-state index in [9.17, 15) is 8.78 Å². The van der Waals surface area contributed by atoms with Gasteiger partial charge in [0.25, 0.3) is 0 Å². The van der Waals surface area contributed by atoms with Gasteiger partial charge in [-0.15, -0.1) is 40.1 Å². The molecule has 0 N–H and O–H groups in total. The maximum Gasteiger partial charge on any atom is -0.109 e. The molecule has 0 atom stereocenters. The van der Waals surface area contributed by atoms with E-state index in [1.165, 1.54) is 113 Å². The number of aryl methyl sites for hydroxylation is 3. The van der Waals surface area contributed by atoms with Crippen molar-refractivity contribution in [1.29, 1.82) is 0 Å². The summed E-state index contributed by atoms with van der Waals surface area (Å²) in [5.74, 6) is -0.413. The van der Waals surface area contributed by atoms with Gasteiger partial charge in [0, 0.05) is 0 Å². The minimum atomic E-state index is -0.207. The molecule has 8 rings (SSSR count). The van der Waals surface area contributed by atoms with E-state index in [-0.39, 0.29) is 36.4 Å². The average molecular weight is 859 g/mol. The number of benzene rings is 6. The standard InChI is InChI=1S/C31H29.C15H12F2.C5H5.2ClH.Zr/c1-4-5-16-26-30-20-25-19-27(23-12-8-6-9-13-23)21(2)17-28(25)29(30)18-22(3)31(26)24-14-10-7-11-15-24;16-14-8-2-6-12(10-14)4-1-5-13-7-3-9-15(17)11-13;1-2-4-5-3-1;;;/h6-15,17-20H,4-5,16H2,1-3H3;2-3,6-11H,4-5H2;1-3H,4H2;2*1H;/q-1;;-1;;;+2/p-2. The smallest absolute Gasteiger partial charge is 0.109 e. The second-order valence-corrected chi connectivity index (χ2v) is 15.7. The van der Waals surface area contributed by atoms with Gasteiger partial charge in [-0.25, -0.2) is 12.2 Å². The Labute approximate surface area is 358 Å². The quantitative estimate of drug-likeness (QED) is 0.130.